The Bertz CT molecular complexity index is 1250. The van der Waals surface area contributed by atoms with Crippen molar-refractivity contribution in [2.75, 3.05) is 0 Å². The molecule has 1 atom stereocenters. The topological polar surface area (TPSA) is 0 Å². The summed E-state index contributed by atoms with van der Waals surface area (Å²) in [5, 5.41) is 7.51. The van der Waals surface area contributed by atoms with Crippen LogP contribution in [0.4, 0.5) is 0 Å². The second kappa shape index (κ2) is 7.61. The largest absolute Gasteiger partial charge is 0.148 e. The molecule has 29 heavy (non-hydrogen) atoms. The Hall–Kier alpha value is -1.55. The van der Waals surface area contributed by atoms with Gasteiger partial charge in [-0.25, -0.2) is 0 Å². The Kier molecular flexibility index (Phi) is 5.44. The van der Waals surface area contributed by atoms with Crippen LogP contribution in [0.15, 0.2) is 72.8 Å². The fourth-order valence-corrected chi connectivity index (χ4v) is 7.42. The summed E-state index contributed by atoms with van der Waals surface area (Å²) in [7, 11) is -0.457. The molecular weight excluding hydrogens is 446 g/mol. The molecule has 0 aliphatic carbocycles. The summed E-state index contributed by atoms with van der Waals surface area (Å²) in [6.45, 7) is 9.14. The first kappa shape index (κ1) is 20.7. The second-order valence-electron chi connectivity index (χ2n) is 8.79. The van der Waals surface area contributed by atoms with Crippen molar-refractivity contribution in [3.63, 3.8) is 0 Å². The molecule has 0 spiro atoms. The van der Waals surface area contributed by atoms with E-state index in [1.807, 2.05) is 0 Å². The Balaban J connectivity index is 0.00000205. The van der Waals surface area contributed by atoms with Gasteiger partial charge < -0.3 is 0 Å². The van der Waals surface area contributed by atoms with Crippen molar-refractivity contribution in [2.45, 2.75) is 39.5 Å². The zero-order valence-corrected chi connectivity index (χ0v) is 20.9. The molecule has 1 unspecified atom stereocenters. The molecule has 0 saturated heterocycles. The molecule has 0 aliphatic rings. The van der Waals surface area contributed by atoms with E-state index < -0.39 is 7.53 Å². The van der Waals surface area contributed by atoms with E-state index in [1.54, 1.807) is 5.12 Å². The fraction of sp³-hybridized carbons (Fsp3) is 0.222. The molecule has 0 saturated carbocycles. The van der Waals surface area contributed by atoms with Crippen LogP contribution in [0.1, 0.15) is 38.8 Å². The molecule has 5 aromatic rings. The summed E-state index contributed by atoms with van der Waals surface area (Å²) in [5.41, 5.74) is 5.95. The molecule has 1 heterocycles. The summed E-state index contributed by atoms with van der Waals surface area (Å²) in [6.07, 6.45) is 1.10. The molecular formula is C27H26PZr-. The number of hydrogen-bond acceptors (Lipinski definition) is 0. The maximum atomic E-state index is 2.43. The minimum absolute atomic E-state index is 0. The van der Waals surface area contributed by atoms with Gasteiger partial charge in [-0.05, 0) is 33.4 Å². The second-order valence-corrected chi connectivity index (χ2v) is 10.9. The summed E-state index contributed by atoms with van der Waals surface area (Å²) < 4.78 is 0. The predicted octanol–water partition coefficient (Wildman–Crippen LogP) is 8.65. The van der Waals surface area contributed by atoms with E-state index in [1.165, 1.54) is 43.4 Å². The van der Waals surface area contributed by atoms with Crippen molar-refractivity contribution in [2.24, 2.45) is 0 Å². The summed E-state index contributed by atoms with van der Waals surface area (Å²) in [4.78, 5) is 0. The number of hydrogen-bond donors (Lipinski definition) is 0. The zero-order valence-electron chi connectivity index (χ0n) is 17.6. The zero-order chi connectivity index (χ0) is 19.5. The third-order valence-electron chi connectivity index (χ3n) is 5.99. The van der Waals surface area contributed by atoms with Crippen LogP contribution in [0.3, 0.4) is 0 Å². The number of benzene rings is 3. The fourth-order valence-electron chi connectivity index (χ4n) is 4.51. The Labute approximate surface area is 193 Å². The van der Waals surface area contributed by atoms with E-state index in [0.717, 1.165) is 6.42 Å². The van der Waals surface area contributed by atoms with Gasteiger partial charge in [-0.3, -0.25) is 0 Å². The Morgan fingerprint density at radius 2 is 1.55 bits per heavy atom. The van der Waals surface area contributed by atoms with Crippen molar-refractivity contribution in [1.82, 2.24) is 0 Å². The first-order valence-electron chi connectivity index (χ1n) is 10.2. The van der Waals surface area contributed by atoms with E-state index in [-0.39, 0.29) is 31.6 Å². The van der Waals surface area contributed by atoms with E-state index in [9.17, 15) is 0 Å². The van der Waals surface area contributed by atoms with Gasteiger partial charge in [0.05, 0.1) is 0 Å². The van der Waals surface area contributed by atoms with Crippen LogP contribution in [0.25, 0.3) is 37.4 Å². The SMILES string of the molecule is CCc1[cH-]c2ccc3c(-c4ccc(C(C)(C)C)cc4)c2c1p3-c1ccccc1.[Zr]. The molecule has 4 aromatic carbocycles. The van der Waals surface area contributed by atoms with Crippen molar-refractivity contribution < 1.29 is 26.2 Å². The van der Waals surface area contributed by atoms with Crippen LogP contribution in [-0.2, 0) is 38.0 Å². The molecule has 0 fully saturated rings. The van der Waals surface area contributed by atoms with Crippen molar-refractivity contribution in [3.8, 4) is 16.4 Å². The first-order chi connectivity index (χ1) is 13.5. The van der Waals surface area contributed by atoms with Crippen LogP contribution in [0.5, 0.6) is 0 Å². The first-order valence-corrected chi connectivity index (χ1v) is 11.5. The predicted molar refractivity (Wildman–Crippen MR) is 126 cm³/mol. The molecule has 0 nitrogen and oxygen atoms in total. The Morgan fingerprint density at radius 3 is 2.17 bits per heavy atom. The summed E-state index contributed by atoms with van der Waals surface area (Å²) in [6, 6.07) is 27.6. The van der Waals surface area contributed by atoms with E-state index in [4.69, 9.17) is 0 Å². The smallest absolute Gasteiger partial charge is 0 e. The molecule has 1 aromatic heterocycles. The molecule has 0 N–H and O–H groups in total. The Morgan fingerprint density at radius 1 is 0.862 bits per heavy atom. The van der Waals surface area contributed by atoms with Crippen LogP contribution in [0, 0.1) is 0 Å². The average molecular weight is 473 g/mol. The third kappa shape index (κ3) is 3.28. The standard InChI is InChI=1S/C27H26P.Zr/c1-5-18-17-20-13-16-23-24(19-11-14-21(15-12-19)27(2,3)4)25(20)26(18)28(23)22-9-7-6-8-10-22;/h6-17H,5H2,1-4H3;/q-1;. The van der Waals surface area contributed by atoms with Crippen molar-refractivity contribution in [3.05, 3.63) is 83.9 Å². The quantitative estimate of drug-likeness (QED) is 0.230. The molecule has 0 amide bonds. The van der Waals surface area contributed by atoms with Gasteiger partial charge in [-0.1, -0.05) is 93.9 Å². The van der Waals surface area contributed by atoms with Crippen LogP contribution in [0.2, 0.25) is 0 Å². The summed E-state index contributed by atoms with van der Waals surface area (Å²) >= 11 is 0. The number of aryl methyl sites for hydroxylation is 1. The van der Waals surface area contributed by atoms with Gasteiger partial charge in [-0.2, -0.15) is 0 Å². The number of rotatable bonds is 3. The minimum Gasteiger partial charge on any atom is -0.148 e. The monoisotopic (exact) mass is 471 g/mol. The van der Waals surface area contributed by atoms with E-state index >= 15 is 0 Å². The maximum absolute atomic E-state index is 2.43. The van der Waals surface area contributed by atoms with Crippen LogP contribution in [-0.4, -0.2) is 0 Å². The average Bonchev–Trinajstić information content (AvgIpc) is 3.17. The van der Waals surface area contributed by atoms with Crippen LogP contribution < -0.4 is 0 Å². The normalized spacial score (nSPS) is 12.6. The van der Waals surface area contributed by atoms with Gasteiger partial charge in [0.1, 0.15) is 0 Å². The molecule has 0 radical (unpaired) electrons. The van der Waals surface area contributed by atoms with Gasteiger partial charge >= 0.3 is 0 Å². The van der Waals surface area contributed by atoms with Gasteiger partial charge in [0, 0.05) is 26.2 Å². The van der Waals surface area contributed by atoms with Crippen LogP contribution >= 0.6 is 7.53 Å². The molecule has 2 bridgehead atoms. The summed E-state index contributed by atoms with van der Waals surface area (Å²) in [5.74, 6) is 0. The number of fused-ring (bicyclic) bond motifs is 1. The minimum atomic E-state index is -0.457. The maximum Gasteiger partial charge on any atom is 0 e. The van der Waals surface area contributed by atoms with Crippen molar-refractivity contribution >= 4 is 28.5 Å². The van der Waals surface area contributed by atoms with Gasteiger partial charge in [0.15, 0.2) is 0 Å². The third-order valence-corrected chi connectivity index (χ3v) is 8.61. The van der Waals surface area contributed by atoms with Crippen molar-refractivity contribution in [1.29, 1.82) is 0 Å². The molecule has 0 aliphatic heterocycles. The molecule has 5 rings (SSSR count). The molecule has 144 valence electrons. The molecule has 2 heteroatoms. The van der Waals surface area contributed by atoms with Gasteiger partial charge in [0.2, 0.25) is 0 Å². The van der Waals surface area contributed by atoms with Gasteiger partial charge in [0.25, 0.3) is 0 Å². The van der Waals surface area contributed by atoms with Gasteiger partial charge in [-0.15, -0.1) is 41.1 Å². The van der Waals surface area contributed by atoms with E-state index in [2.05, 4.69) is 100 Å². The van der Waals surface area contributed by atoms with E-state index in [0.29, 0.717) is 0 Å².